The number of hydrogen-bond donors (Lipinski definition) is 1. The molecule has 0 aromatic rings. The summed E-state index contributed by atoms with van der Waals surface area (Å²) in [5, 5.41) is 2.75. The Bertz CT molecular complexity index is 145. The number of rotatable bonds is 1. The van der Waals surface area contributed by atoms with Crippen molar-refractivity contribution in [2.24, 2.45) is 5.92 Å². The maximum absolute atomic E-state index is 12.8. The largest absolute Gasteiger partial charge is 0.389 e. The van der Waals surface area contributed by atoms with Crippen LogP contribution in [0.3, 0.4) is 0 Å². The van der Waals surface area contributed by atoms with E-state index in [2.05, 4.69) is 5.32 Å². The fraction of sp³-hybridized carbons (Fsp3) is 1.00. The summed E-state index contributed by atoms with van der Waals surface area (Å²) in [6.45, 7) is 0.621. The molecule has 0 radical (unpaired) electrons. The van der Waals surface area contributed by atoms with E-state index in [0.717, 1.165) is 0 Å². The first-order valence-corrected chi connectivity index (χ1v) is 3.90. The molecule has 1 saturated heterocycles. The zero-order chi connectivity index (χ0) is 9.19. The molecular formula is C7H11F4N. The van der Waals surface area contributed by atoms with E-state index in [1.807, 2.05) is 0 Å². The molecule has 1 fully saturated rings. The van der Waals surface area contributed by atoms with Crippen LogP contribution in [-0.4, -0.2) is 25.4 Å². The molecule has 1 rings (SSSR count). The lowest BCUT2D eigenvalue weighted by atomic mass is 9.94. The fourth-order valence-electron chi connectivity index (χ4n) is 1.39. The van der Waals surface area contributed by atoms with Gasteiger partial charge >= 0.3 is 6.18 Å². The third-order valence-corrected chi connectivity index (χ3v) is 2.01. The van der Waals surface area contributed by atoms with Crippen LogP contribution in [0.15, 0.2) is 0 Å². The van der Waals surface area contributed by atoms with E-state index in [4.69, 9.17) is 0 Å². The summed E-state index contributed by atoms with van der Waals surface area (Å²) in [6.07, 6.45) is -6.36. The first-order valence-electron chi connectivity index (χ1n) is 3.90. The van der Waals surface area contributed by atoms with Gasteiger partial charge in [0.25, 0.3) is 0 Å². The summed E-state index contributed by atoms with van der Waals surface area (Å²) in [6, 6.07) is 0. The zero-order valence-electron chi connectivity index (χ0n) is 6.49. The minimum atomic E-state index is -4.24. The van der Waals surface area contributed by atoms with Gasteiger partial charge in [-0.3, -0.25) is 0 Å². The molecule has 1 N–H and O–H groups in total. The first kappa shape index (κ1) is 9.77. The van der Waals surface area contributed by atoms with Gasteiger partial charge in [-0.2, -0.15) is 13.2 Å². The Morgan fingerprint density at radius 2 is 2.00 bits per heavy atom. The molecule has 1 aliphatic rings. The van der Waals surface area contributed by atoms with Gasteiger partial charge in [0.2, 0.25) is 0 Å². The standard InChI is InChI=1S/C7H11F4N/c8-6-1-2-12-4-5(6)3-7(9,10)11/h5-6,12H,1-4H2. The molecule has 1 aliphatic heterocycles. The normalized spacial score (nSPS) is 32.0. The predicted octanol–water partition coefficient (Wildman–Crippen LogP) is 1.89. The molecule has 0 aromatic heterocycles. The van der Waals surface area contributed by atoms with Crippen LogP contribution in [0, 0.1) is 5.92 Å². The SMILES string of the molecule is FC1CCNCC1CC(F)(F)F. The summed E-state index contributed by atoms with van der Waals surface area (Å²) in [5.74, 6) is -0.890. The van der Waals surface area contributed by atoms with Crippen LogP contribution in [0.1, 0.15) is 12.8 Å². The topological polar surface area (TPSA) is 12.0 Å². The quantitative estimate of drug-likeness (QED) is 0.615. The Labute approximate surface area is 68.1 Å². The highest BCUT2D eigenvalue weighted by molar-refractivity contribution is 4.79. The van der Waals surface area contributed by atoms with Gasteiger partial charge in [0.15, 0.2) is 0 Å². The maximum Gasteiger partial charge on any atom is 0.389 e. The molecule has 1 nitrogen and oxygen atoms in total. The number of piperidine rings is 1. The highest BCUT2D eigenvalue weighted by Crippen LogP contribution is 2.29. The van der Waals surface area contributed by atoms with Crippen molar-refractivity contribution in [3.63, 3.8) is 0 Å². The highest BCUT2D eigenvalue weighted by atomic mass is 19.4. The second-order valence-electron chi connectivity index (χ2n) is 3.09. The Morgan fingerprint density at radius 3 is 2.50 bits per heavy atom. The van der Waals surface area contributed by atoms with Crippen molar-refractivity contribution in [2.75, 3.05) is 13.1 Å². The van der Waals surface area contributed by atoms with Crippen LogP contribution in [0.25, 0.3) is 0 Å². The van der Waals surface area contributed by atoms with E-state index >= 15 is 0 Å². The lowest BCUT2D eigenvalue weighted by Crippen LogP contribution is -2.39. The summed E-state index contributed by atoms with van der Waals surface area (Å²) >= 11 is 0. The molecule has 0 amide bonds. The Morgan fingerprint density at radius 1 is 1.33 bits per heavy atom. The first-order chi connectivity index (χ1) is 5.49. The lowest BCUT2D eigenvalue weighted by Gasteiger charge is -2.27. The van der Waals surface area contributed by atoms with Gasteiger partial charge in [-0.05, 0) is 13.0 Å². The molecule has 12 heavy (non-hydrogen) atoms. The Balaban J connectivity index is 2.39. The van der Waals surface area contributed by atoms with E-state index in [-0.39, 0.29) is 13.0 Å². The minimum Gasteiger partial charge on any atom is -0.316 e. The monoisotopic (exact) mass is 185 g/mol. The van der Waals surface area contributed by atoms with E-state index in [9.17, 15) is 17.6 Å². The molecule has 0 aliphatic carbocycles. The smallest absolute Gasteiger partial charge is 0.316 e. The molecule has 0 saturated carbocycles. The Hall–Kier alpha value is -0.320. The summed E-state index contributed by atoms with van der Waals surface area (Å²) in [5.41, 5.74) is 0. The third kappa shape index (κ3) is 2.97. The van der Waals surface area contributed by atoms with Crippen LogP contribution < -0.4 is 5.32 Å². The van der Waals surface area contributed by atoms with Crippen molar-refractivity contribution in [1.29, 1.82) is 0 Å². The molecule has 0 bridgehead atoms. The van der Waals surface area contributed by atoms with E-state index in [1.54, 1.807) is 0 Å². The number of halogens is 4. The molecule has 2 atom stereocenters. The Kier molecular flexibility index (Phi) is 2.93. The number of alkyl halides is 4. The van der Waals surface area contributed by atoms with Gasteiger partial charge < -0.3 is 5.32 Å². The third-order valence-electron chi connectivity index (χ3n) is 2.01. The van der Waals surface area contributed by atoms with Crippen LogP contribution in [0.2, 0.25) is 0 Å². The van der Waals surface area contributed by atoms with Gasteiger partial charge in [-0.25, -0.2) is 4.39 Å². The number of nitrogens with one attached hydrogen (secondary N) is 1. The van der Waals surface area contributed by atoms with Gasteiger partial charge in [-0.15, -0.1) is 0 Å². The van der Waals surface area contributed by atoms with Crippen molar-refractivity contribution in [3.8, 4) is 0 Å². The van der Waals surface area contributed by atoms with Gasteiger partial charge in [0.1, 0.15) is 6.17 Å². The van der Waals surface area contributed by atoms with E-state index < -0.39 is 24.7 Å². The van der Waals surface area contributed by atoms with Gasteiger partial charge in [0, 0.05) is 12.5 Å². The van der Waals surface area contributed by atoms with Crippen molar-refractivity contribution < 1.29 is 17.6 Å². The second-order valence-corrected chi connectivity index (χ2v) is 3.09. The zero-order valence-corrected chi connectivity index (χ0v) is 6.49. The lowest BCUT2D eigenvalue weighted by molar-refractivity contribution is -0.150. The molecule has 5 heteroatoms. The van der Waals surface area contributed by atoms with Crippen molar-refractivity contribution >= 4 is 0 Å². The van der Waals surface area contributed by atoms with Crippen LogP contribution in [0.4, 0.5) is 17.6 Å². The van der Waals surface area contributed by atoms with E-state index in [1.165, 1.54) is 0 Å². The van der Waals surface area contributed by atoms with Gasteiger partial charge in [-0.1, -0.05) is 0 Å². The molecule has 72 valence electrons. The maximum atomic E-state index is 12.8. The summed E-state index contributed by atoms with van der Waals surface area (Å²) < 4.78 is 48.3. The minimum absolute atomic E-state index is 0.140. The van der Waals surface area contributed by atoms with Gasteiger partial charge in [0.05, 0.1) is 6.42 Å². The average Bonchev–Trinajstić information content (AvgIpc) is 1.91. The van der Waals surface area contributed by atoms with Crippen molar-refractivity contribution in [2.45, 2.75) is 25.2 Å². The van der Waals surface area contributed by atoms with Crippen LogP contribution >= 0.6 is 0 Å². The van der Waals surface area contributed by atoms with Crippen LogP contribution in [-0.2, 0) is 0 Å². The van der Waals surface area contributed by atoms with Crippen molar-refractivity contribution in [1.82, 2.24) is 5.32 Å². The molecule has 2 unspecified atom stereocenters. The fourth-order valence-corrected chi connectivity index (χ4v) is 1.39. The molecule has 0 spiro atoms. The highest BCUT2D eigenvalue weighted by Gasteiger charge is 2.36. The molecular weight excluding hydrogens is 174 g/mol. The summed E-state index contributed by atoms with van der Waals surface area (Å²) in [7, 11) is 0. The summed E-state index contributed by atoms with van der Waals surface area (Å²) in [4.78, 5) is 0. The second kappa shape index (κ2) is 3.60. The predicted molar refractivity (Wildman–Crippen MR) is 36.5 cm³/mol. The average molecular weight is 185 g/mol. The van der Waals surface area contributed by atoms with Crippen LogP contribution in [0.5, 0.6) is 0 Å². The number of hydrogen-bond acceptors (Lipinski definition) is 1. The molecule has 0 aromatic carbocycles. The van der Waals surface area contributed by atoms with E-state index in [0.29, 0.717) is 6.54 Å². The van der Waals surface area contributed by atoms with Crippen molar-refractivity contribution in [3.05, 3.63) is 0 Å². The molecule has 1 heterocycles.